The van der Waals surface area contributed by atoms with Gasteiger partial charge in [-0.25, -0.2) is 4.79 Å². The van der Waals surface area contributed by atoms with Crippen LogP contribution in [0.1, 0.15) is 32.6 Å². The van der Waals surface area contributed by atoms with E-state index in [-0.39, 0.29) is 49.9 Å². The number of aliphatic hydroxyl groups is 1. The Labute approximate surface area is 181 Å². The zero-order chi connectivity index (χ0) is 21.5. The van der Waals surface area contributed by atoms with Crippen molar-refractivity contribution < 1.29 is 24.2 Å². The molecule has 0 bridgehead atoms. The first-order chi connectivity index (χ1) is 14.5. The standard InChI is InChI=1S/C21H30ClN3O5/c1-2-8-23-20(27)10-17-6-7-18-19(30-17)13-29-12-16(26)11-25(18)21(28)24-15-5-3-4-14(22)9-15/h3-5,9,16-19,26H,2,6-8,10-13H2,1H3,(H,23,27)(H,24,28)/t16-,17-,18+,19-/m0/s1. The third kappa shape index (κ3) is 6.31. The number of urea groups is 1. The van der Waals surface area contributed by atoms with Crippen molar-refractivity contribution >= 4 is 29.2 Å². The first-order valence-electron chi connectivity index (χ1n) is 10.5. The van der Waals surface area contributed by atoms with Crippen molar-refractivity contribution in [1.82, 2.24) is 10.2 Å². The average molecular weight is 440 g/mol. The number of nitrogens with zero attached hydrogens (tertiary/aromatic N) is 1. The molecule has 3 amide bonds. The van der Waals surface area contributed by atoms with Crippen LogP contribution in [0.15, 0.2) is 24.3 Å². The maximum Gasteiger partial charge on any atom is 0.322 e. The van der Waals surface area contributed by atoms with Gasteiger partial charge in [0, 0.05) is 17.3 Å². The van der Waals surface area contributed by atoms with Gasteiger partial charge < -0.3 is 30.1 Å². The second-order valence-electron chi connectivity index (χ2n) is 7.78. The lowest BCUT2D eigenvalue weighted by molar-refractivity contribution is -0.149. The van der Waals surface area contributed by atoms with Crippen molar-refractivity contribution in [3.63, 3.8) is 0 Å². The fourth-order valence-corrected chi connectivity index (χ4v) is 4.07. The summed E-state index contributed by atoms with van der Waals surface area (Å²) >= 11 is 6.01. The molecule has 2 aliphatic heterocycles. The predicted molar refractivity (Wildman–Crippen MR) is 114 cm³/mol. The van der Waals surface area contributed by atoms with Crippen LogP contribution in [0.5, 0.6) is 0 Å². The Bertz CT molecular complexity index is 734. The third-order valence-electron chi connectivity index (χ3n) is 5.30. The van der Waals surface area contributed by atoms with Gasteiger partial charge in [0.15, 0.2) is 0 Å². The summed E-state index contributed by atoms with van der Waals surface area (Å²) < 4.78 is 11.7. The number of hydrogen-bond donors (Lipinski definition) is 3. The number of amides is 3. The van der Waals surface area contributed by atoms with Gasteiger partial charge in [-0.2, -0.15) is 0 Å². The minimum Gasteiger partial charge on any atom is -0.389 e. The molecule has 0 aromatic heterocycles. The molecule has 8 nitrogen and oxygen atoms in total. The number of fused-ring (bicyclic) bond motifs is 1. The van der Waals surface area contributed by atoms with Gasteiger partial charge in [-0.05, 0) is 37.5 Å². The quantitative estimate of drug-likeness (QED) is 0.654. The second kappa shape index (κ2) is 10.9. The van der Waals surface area contributed by atoms with Crippen LogP contribution < -0.4 is 10.6 Å². The molecule has 0 radical (unpaired) electrons. The lowest BCUT2D eigenvalue weighted by Gasteiger charge is -2.44. The van der Waals surface area contributed by atoms with Crippen molar-refractivity contribution in [2.45, 2.75) is 57.0 Å². The molecule has 0 aliphatic carbocycles. The summed E-state index contributed by atoms with van der Waals surface area (Å²) in [5, 5.41) is 16.5. The van der Waals surface area contributed by atoms with Gasteiger partial charge >= 0.3 is 6.03 Å². The number of rotatable bonds is 5. The predicted octanol–water partition coefficient (Wildman–Crippen LogP) is 2.40. The summed E-state index contributed by atoms with van der Waals surface area (Å²) in [6, 6.07) is 6.34. The van der Waals surface area contributed by atoms with Crippen LogP contribution in [0.4, 0.5) is 10.5 Å². The highest BCUT2D eigenvalue weighted by atomic mass is 35.5. The number of ether oxygens (including phenoxy) is 2. The summed E-state index contributed by atoms with van der Waals surface area (Å²) in [5.41, 5.74) is 0.582. The van der Waals surface area contributed by atoms with E-state index in [2.05, 4.69) is 10.6 Å². The molecule has 2 fully saturated rings. The molecule has 2 aliphatic rings. The monoisotopic (exact) mass is 439 g/mol. The number of halogens is 1. The van der Waals surface area contributed by atoms with Gasteiger partial charge in [0.25, 0.3) is 0 Å². The Morgan fingerprint density at radius 1 is 1.30 bits per heavy atom. The van der Waals surface area contributed by atoms with E-state index < -0.39 is 6.10 Å². The number of nitrogens with one attached hydrogen (secondary N) is 2. The highest BCUT2D eigenvalue weighted by molar-refractivity contribution is 6.30. The molecule has 3 rings (SSSR count). The number of β-amino-alcohol motifs (C(OH)–C–C–N with tert-alkyl or cyclic N) is 1. The van der Waals surface area contributed by atoms with Crippen LogP contribution in [-0.2, 0) is 14.3 Å². The Morgan fingerprint density at radius 2 is 2.13 bits per heavy atom. The second-order valence-corrected chi connectivity index (χ2v) is 8.22. The summed E-state index contributed by atoms with van der Waals surface area (Å²) in [6.07, 6.45) is 1.13. The topological polar surface area (TPSA) is 100 Å². The fraction of sp³-hybridized carbons (Fsp3) is 0.619. The molecule has 2 heterocycles. The maximum absolute atomic E-state index is 13.0. The van der Waals surface area contributed by atoms with E-state index in [1.54, 1.807) is 29.2 Å². The Morgan fingerprint density at radius 3 is 2.90 bits per heavy atom. The number of carbonyl (C=O) groups is 2. The van der Waals surface area contributed by atoms with E-state index in [0.717, 1.165) is 6.42 Å². The van der Waals surface area contributed by atoms with E-state index in [4.69, 9.17) is 21.1 Å². The van der Waals surface area contributed by atoms with Crippen molar-refractivity contribution in [2.24, 2.45) is 0 Å². The molecule has 4 atom stereocenters. The molecular weight excluding hydrogens is 410 g/mol. The zero-order valence-corrected chi connectivity index (χ0v) is 17.9. The zero-order valence-electron chi connectivity index (χ0n) is 17.2. The SMILES string of the molecule is CCCNC(=O)C[C@@H]1CC[C@@H]2[C@H](COC[C@@H](O)CN2C(=O)Nc2cccc(Cl)c2)O1. The molecule has 0 spiro atoms. The molecule has 2 saturated heterocycles. The first kappa shape index (κ1) is 22.8. The summed E-state index contributed by atoms with van der Waals surface area (Å²) in [6.45, 7) is 3.17. The number of carbonyl (C=O) groups excluding carboxylic acids is 2. The number of aliphatic hydroxyl groups excluding tert-OH is 1. The highest BCUT2D eigenvalue weighted by Gasteiger charge is 2.40. The van der Waals surface area contributed by atoms with Crippen LogP contribution in [0.3, 0.4) is 0 Å². The molecular formula is C21H30ClN3O5. The first-order valence-corrected chi connectivity index (χ1v) is 10.8. The number of hydrogen-bond acceptors (Lipinski definition) is 5. The highest BCUT2D eigenvalue weighted by Crippen LogP contribution is 2.28. The van der Waals surface area contributed by atoms with E-state index in [0.29, 0.717) is 36.5 Å². The van der Waals surface area contributed by atoms with Crippen LogP contribution in [-0.4, -0.2) is 72.6 Å². The molecule has 30 heavy (non-hydrogen) atoms. The Hall–Kier alpha value is -1.87. The van der Waals surface area contributed by atoms with Gasteiger partial charge in [0.1, 0.15) is 6.10 Å². The molecule has 1 aromatic carbocycles. The largest absolute Gasteiger partial charge is 0.389 e. The van der Waals surface area contributed by atoms with Crippen LogP contribution in [0, 0.1) is 0 Å². The molecule has 166 valence electrons. The normalized spacial score (nSPS) is 26.8. The van der Waals surface area contributed by atoms with E-state index in [9.17, 15) is 14.7 Å². The number of anilines is 1. The van der Waals surface area contributed by atoms with Crippen LogP contribution in [0.2, 0.25) is 5.02 Å². The molecule has 1 aromatic rings. The smallest absolute Gasteiger partial charge is 0.322 e. The summed E-state index contributed by atoms with van der Waals surface area (Å²) in [5.74, 6) is -0.0296. The van der Waals surface area contributed by atoms with Gasteiger partial charge in [0.2, 0.25) is 5.91 Å². The van der Waals surface area contributed by atoms with Crippen LogP contribution in [0.25, 0.3) is 0 Å². The van der Waals surface area contributed by atoms with Gasteiger partial charge in [-0.3, -0.25) is 4.79 Å². The van der Waals surface area contributed by atoms with Crippen molar-refractivity contribution in [1.29, 1.82) is 0 Å². The minimum atomic E-state index is -0.784. The fourth-order valence-electron chi connectivity index (χ4n) is 3.88. The molecule has 0 unspecified atom stereocenters. The van der Waals surface area contributed by atoms with E-state index in [1.165, 1.54) is 0 Å². The van der Waals surface area contributed by atoms with Gasteiger partial charge in [-0.15, -0.1) is 0 Å². The minimum absolute atomic E-state index is 0.0296. The average Bonchev–Trinajstić information content (AvgIpc) is 2.69. The van der Waals surface area contributed by atoms with Crippen molar-refractivity contribution in [3.05, 3.63) is 29.3 Å². The van der Waals surface area contributed by atoms with E-state index >= 15 is 0 Å². The van der Waals surface area contributed by atoms with Gasteiger partial charge in [0.05, 0.1) is 44.4 Å². The Kier molecular flexibility index (Phi) is 8.32. The van der Waals surface area contributed by atoms with E-state index in [1.807, 2.05) is 6.92 Å². The van der Waals surface area contributed by atoms with Gasteiger partial charge in [-0.1, -0.05) is 24.6 Å². The summed E-state index contributed by atoms with van der Waals surface area (Å²) in [4.78, 5) is 26.7. The summed E-state index contributed by atoms with van der Waals surface area (Å²) in [7, 11) is 0. The third-order valence-corrected chi connectivity index (χ3v) is 5.54. The lowest BCUT2D eigenvalue weighted by Crippen LogP contribution is -2.58. The van der Waals surface area contributed by atoms with Crippen molar-refractivity contribution in [3.8, 4) is 0 Å². The molecule has 9 heteroatoms. The van der Waals surface area contributed by atoms with Crippen molar-refractivity contribution in [2.75, 3.05) is 31.6 Å². The number of benzene rings is 1. The lowest BCUT2D eigenvalue weighted by atomic mass is 9.95. The molecule has 0 saturated carbocycles. The van der Waals surface area contributed by atoms with Crippen LogP contribution >= 0.6 is 11.6 Å². The Balaban J connectivity index is 1.67. The molecule has 3 N–H and O–H groups in total. The maximum atomic E-state index is 13.0.